The van der Waals surface area contributed by atoms with Crippen LogP contribution in [0.25, 0.3) is 11.2 Å². The van der Waals surface area contributed by atoms with E-state index in [1.54, 1.807) is 36.1 Å². The third-order valence-electron chi connectivity index (χ3n) is 5.19. The van der Waals surface area contributed by atoms with Gasteiger partial charge in [0.2, 0.25) is 0 Å². The van der Waals surface area contributed by atoms with Gasteiger partial charge in [-0.2, -0.15) is 8.97 Å². The van der Waals surface area contributed by atoms with Crippen LogP contribution in [0.5, 0.6) is 5.88 Å². The molecule has 0 aliphatic carbocycles. The van der Waals surface area contributed by atoms with Crippen LogP contribution in [0, 0.1) is 6.92 Å². The van der Waals surface area contributed by atoms with E-state index < -0.39 is 0 Å². The first-order chi connectivity index (χ1) is 16.4. The maximum absolute atomic E-state index is 13.8. The molecule has 0 saturated heterocycles. The second-order valence-electron chi connectivity index (χ2n) is 7.19. The van der Waals surface area contributed by atoms with Crippen LogP contribution in [-0.4, -0.2) is 22.2 Å². The number of ether oxygens (including phenoxy) is 1. The van der Waals surface area contributed by atoms with Crippen molar-refractivity contribution in [3.05, 3.63) is 111 Å². The van der Waals surface area contributed by atoms with Crippen molar-refractivity contribution in [2.45, 2.75) is 20.4 Å². The number of aryl methyl sites for hydroxylation is 1. The van der Waals surface area contributed by atoms with Crippen LogP contribution in [0.4, 0.5) is 0 Å². The number of hydrogen-bond donors (Lipinski definition) is 0. The smallest absolute Gasteiger partial charge is 0.354 e. The Labute approximate surface area is 207 Å². The van der Waals surface area contributed by atoms with Crippen molar-refractivity contribution >= 4 is 39.9 Å². The normalized spacial score (nSPS) is 12.6. The first-order valence-electron chi connectivity index (χ1n) is 10.4. The van der Waals surface area contributed by atoms with E-state index in [0.29, 0.717) is 39.4 Å². The summed E-state index contributed by atoms with van der Waals surface area (Å²) in [6, 6.07) is 3.80. The highest BCUT2D eigenvalue weighted by atomic mass is 35.5. The summed E-state index contributed by atoms with van der Waals surface area (Å²) < 4.78 is 9.88. The highest BCUT2D eigenvalue weighted by Gasteiger charge is 2.28. The number of aromatic nitrogens is 3. The van der Waals surface area contributed by atoms with Crippen molar-refractivity contribution in [1.29, 1.82) is 0 Å². The molecule has 0 radical (unpaired) electrons. The molecule has 174 valence electrons. The molecular weight excluding hydrogens is 468 g/mol. The summed E-state index contributed by atoms with van der Waals surface area (Å²) >= 11 is 7.46. The van der Waals surface area contributed by atoms with Crippen molar-refractivity contribution in [2.75, 3.05) is 7.11 Å². The summed E-state index contributed by atoms with van der Waals surface area (Å²) in [4.78, 5) is 23.1. The Morgan fingerprint density at radius 1 is 1.35 bits per heavy atom. The molecule has 0 aromatic carbocycles. The van der Waals surface area contributed by atoms with Gasteiger partial charge >= 0.3 is 11.4 Å². The summed E-state index contributed by atoms with van der Waals surface area (Å²) in [5.41, 5.74) is 3.76. The van der Waals surface area contributed by atoms with E-state index in [2.05, 4.69) is 29.7 Å². The van der Waals surface area contributed by atoms with E-state index in [9.17, 15) is 4.79 Å². The zero-order valence-electron chi connectivity index (χ0n) is 19.4. The highest BCUT2D eigenvalue weighted by Crippen LogP contribution is 2.25. The van der Waals surface area contributed by atoms with Gasteiger partial charge < -0.3 is 4.74 Å². The first-order valence-corrected chi connectivity index (χ1v) is 11.6. The lowest BCUT2D eigenvalue weighted by Crippen LogP contribution is -2.43. The van der Waals surface area contributed by atoms with Crippen LogP contribution in [-0.2, 0) is 6.54 Å². The van der Waals surface area contributed by atoms with E-state index in [4.69, 9.17) is 16.3 Å². The second-order valence-corrected chi connectivity index (χ2v) is 8.89. The summed E-state index contributed by atoms with van der Waals surface area (Å²) in [5.74, 6) is 0.409. The minimum absolute atomic E-state index is 0.225. The predicted molar refractivity (Wildman–Crippen MR) is 141 cm³/mol. The average molecular weight is 494 g/mol. The van der Waals surface area contributed by atoms with Crippen molar-refractivity contribution in [1.82, 2.24) is 9.38 Å². The molecule has 0 N–H and O–H groups in total. The number of hydrogen-bond acceptors (Lipinski definition) is 5. The monoisotopic (exact) mass is 493 g/mol. The molecule has 8 heteroatoms. The van der Waals surface area contributed by atoms with E-state index in [-0.39, 0.29) is 5.56 Å². The van der Waals surface area contributed by atoms with Crippen molar-refractivity contribution < 1.29 is 9.30 Å². The van der Waals surface area contributed by atoms with Crippen molar-refractivity contribution in [3.63, 3.8) is 0 Å². The summed E-state index contributed by atoms with van der Waals surface area (Å²) in [6.45, 7) is 15.7. The topological polar surface area (TPSA) is 59.8 Å². The maximum Gasteiger partial charge on any atom is 0.354 e. The second kappa shape index (κ2) is 11.0. The molecule has 0 saturated carbocycles. The highest BCUT2D eigenvalue weighted by molar-refractivity contribution is 7.15. The molecule has 3 aromatic rings. The molecule has 0 aliphatic rings. The lowest BCUT2D eigenvalue weighted by atomic mass is 10.0. The minimum Gasteiger partial charge on any atom is -0.465 e. The molecular formula is C26H26ClN4O2S+. The van der Waals surface area contributed by atoms with Crippen molar-refractivity contribution in [3.8, 4) is 5.88 Å². The molecule has 0 spiro atoms. The van der Waals surface area contributed by atoms with Gasteiger partial charge in [0.05, 0.1) is 23.9 Å². The van der Waals surface area contributed by atoms with Crippen LogP contribution >= 0.6 is 22.9 Å². The first kappa shape index (κ1) is 25.1. The standard InChI is InChI=1S/C26H26ClN4O2S/c1-7-18(21(9-3)28-10-4)14-19(8-2)22-24(32)30-13-11-12-17(5)23(30)31(25(22)33-6)16-20-15-29-26(27)34-20/h7-15H,2-4,16H2,1,5-6H3/q+1/b18-7+,19-14+,28-21?. The van der Waals surface area contributed by atoms with Gasteiger partial charge in [0.25, 0.3) is 5.65 Å². The Morgan fingerprint density at radius 3 is 2.68 bits per heavy atom. The number of rotatable bonds is 9. The van der Waals surface area contributed by atoms with Crippen molar-refractivity contribution in [2.24, 2.45) is 4.99 Å². The largest absolute Gasteiger partial charge is 0.465 e. The van der Waals surface area contributed by atoms with Gasteiger partial charge in [0.15, 0.2) is 10.0 Å². The average Bonchev–Trinajstić information content (AvgIpc) is 3.25. The van der Waals surface area contributed by atoms with Gasteiger partial charge in [-0.1, -0.05) is 43.5 Å². The van der Waals surface area contributed by atoms with Crippen LogP contribution in [0.2, 0.25) is 4.47 Å². The fourth-order valence-corrected chi connectivity index (χ4v) is 4.69. The van der Waals surface area contributed by atoms with Gasteiger partial charge in [-0.25, -0.2) is 9.78 Å². The van der Waals surface area contributed by atoms with Crippen LogP contribution in [0.1, 0.15) is 22.9 Å². The number of nitrogens with zero attached hydrogens (tertiary/aromatic N) is 4. The fraction of sp³-hybridized carbons (Fsp3) is 0.154. The molecule has 0 fully saturated rings. The molecule has 0 amide bonds. The SMILES string of the molecule is C=CN=C(C=C)C(=C/C)/C=C(\C=C)c1c(OC)[n+](Cc2cnc(Cl)s2)c2c(C)cccn2c1=O. The Balaban J connectivity index is 2.41. The Hall–Kier alpha value is -3.55. The number of pyridine rings is 1. The summed E-state index contributed by atoms with van der Waals surface area (Å²) in [7, 11) is 1.55. The molecule has 34 heavy (non-hydrogen) atoms. The van der Waals surface area contributed by atoms with E-state index in [0.717, 1.165) is 16.0 Å². The van der Waals surface area contributed by atoms with E-state index in [1.807, 2.05) is 42.7 Å². The Morgan fingerprint density at radius 2 is 2.12 bits per heavy atom. The third-order valence-corrected chi connectivity index (χ3v) is 6.29. The molecule has 3 aromatic heterocycles. The lowest BCUT2D eigenvalue weighted by Gasteiger charge is -2.14. The number of aliphatic imine (C=N–C) groups is 1. The zero-order chi connectivity index (χ0) is 24.8. The number of halogens is 1. The number of thiazole rings is 1. The molecule has 6 nitrogen and oxygen atoms in total. The molecule has 0 atom stereocenters. The minimum atomic E-state index is -0.225. The van der Waals surface area contributed by atoms with Gasteiger partial charge in [0.1, 0.15) is 6.54 Å². The number of fused-ring (bicyclic) bond motifs is 1. The number of allylic oxidation sites excluding steroid dienone is 6. The Kier molecular flexibility index (Phi) is 8.15. The van der Waals surface area contributed by atoms with E-state index >= 15 is 0 Å². The molecule has 0 unspecified atom stereocenters. The fourth-order valence-electron chi connectivity index (χ4n) is 3.73. The summed E-state index contributed by atoms with van der Waals surface area (Å²) in [6.07, 6.45) is 11.9. The van der Waals surface area contributed by atoms with Crippen LogP contribution < -0.4 is 14.9 Å². The van der Waals surface area contributed by atoms with Gasteiger partial charge in [-0.3, -0.25) is 4.99 Å². The van der Waals surface area contributed by atoms with E-state index in [1.165, 1.54) is 17.5 Å². The molecule has 0 aliphatic heterocycles. The van der Waals surface area contributed by atoms with Gasteiger partial charge in [-0.15, -0.1) is 11.3 Å². The van der Waals surface area contributed by atoms with Gasteiger partial charge in [0, 0.05) is 18.0 Å². The van der Waals surface area contributed by atoms with Crippen LogP contribution in [0.3, 0.4) is 0 Å². The van der Waals surface area contributed by atoms with Gasteiger partial charge in [-0.05, 0) is 49.3 Å². The Bertz CT molecular complexity index is 1430. The molecule has 3 rings (SSSR count). The quantitative estimate of drug-likeness (QED) is 0.229. The third kappa shape index (κ3) is 4.85. The molecule has 3 heterocycles. The summed E-state index contributed by atoms with van der Waals surface area (Å²) in [5, 5.41) is 0. The predicted octanol–water partition coefficient (Wildman–Crippen LogP) is 5.35. The lowest BCUT2D eigenvalue weighted by molar-refractivity contribution is -0.671. The zero-order valence-corrected chi connectivity index (χ0v) is 21.0. The maximum atomic E-state index is 13.8. The number of methoxy groups -OCH3 is 1. The molecule has 0 bridgehead atoms. The van der Waals surface area contributed by atoms with Crippen LogP contribution in [0.15, 0.2) is 90.1 Å².